The fourth-order valence-electron chi connectivity index (χ4n) is 2.42. The van der Waals surface area contributed by atoms with Crippen molar-refractivity contribution < 1.29 is 14.3 Å². The van der Waals surface area contributed by atoms with Crippen LogP contribution in [0.5, 0.6) is 0 Å². The van der Waals surface area contributed by atoms with Gasteiger partial charge in [0.1, 0.15) is 4.88 Å². The summed E-state index contributed by atoms with van der Waals surface area (Å²) in [5.41, 5.74) is 1.62. The van der Waals surface area contributed by atoms with E-state index in [-0.39, 0.29) is 11.6 Å². The van der Waals surface area contributed by atoms with Gasteiger partial charge in [-0.2, -0.15) is 0 Å². The fourth-order valence-corrected chi connectivity index (χ4v) is 3.71. The van der Waals surface area contributed by atoms with Gasteiger partial charge in [-0.1, -0.05) is 6.92 Å². The van der Waals surface area contributed by atoms with Crippen LogP contribution in [-0.2, 0) is 22.5 Å². The van der Waals surface area contributed by atoms with Gasteiger partial charge < -0.3 is 20.1 Å². The van der Waals surface area contributed by atoms with Crippen molar-refractivity contribution in [3.63, 3.8) is 0 Å². The van der Waals surface area contributed by atoms with Crippen molar-refractivity contribution in [3.05, 3.63) is 15.3 Å². The summed E-state index contributed by atoms with van der Waals surface area (Å²) in [6.45, 7) is 9.63. The summed E-state index contributed by atoms with van der Waals surface area (Å²) in [4.78, 5) is 13.9. The Morgan fingerprint density at radius 3 is 2.83 bits per heavy atom. The number of hydrogen-bond donors (Lipinski definition) is 2. The molecule has 128 valence electrons. The van der Waals surface area contributed by atoms with E-state index in [1.54, 1.807) is 6.92 Å². The number of anilines is 1. The molecule has 0 aromatic carbocycles. The van der Waals surface area contributed by atoms with Crippen molar-refractivity contribution in [3.8, 4) is 0 Å². The molecule has 0 amide bonds. The van der Waals surface area contributed by atoms with Crippen molar-refractivity contribution in [1.82, 2.24) is 5.32 Å². The zero-order valence-corrected chi connectivity index (χ0v) is 15.7. The van der Waals surface area contributed by atoms with E-state index in [0.717, 1.165) is 35.5 Å². The number of thiocarbonyl (C=S) groups is 1. The number of ether oxygens (including phenoxy) is 2. The lowest BCUT2D eigenvalue weighted by Crippen LogP contribution is -2.33. The molecule has 1 aromatic heterocycles. The molecule has 2 rings (SSSR count). The van der Waals surface area contributed by atoms with Crippen LogP contribution in [0.15, 0.2) is 0 Å². The highest BCUT2D eigenvalue weighted by atomic mass is 32.1. The van der Waals surface area contributed by atoms with E-state index in [9.17, 15) is 4.79 Å². The molecular weight excluding hydrogens is 332 g/mol. The maximum Gasteiger partial charge on any atom is 0.350 e. The zero-order valence-electron chi connectivity index (χ0n) is 14.1. The van der Waals surface area contributed by atoms with E-state index in [1.165, 1.54) is 11.3 Å². The molecule has 7 heteroatoms. The van der Waals surface area contributed by atoms with Gasteiger partial charge in [0.2, 0.25) is 0 Å². The Balaban J connectivity index is 2.33. The van der Waals surface area contributed by atoms with Gasteiger partial charge in [0.05, 0.1) is 24.5 Å². The quantitative estimate of drug-likeness (QED) is 0.622. The second-order valence-electron chi connectivity index (χ2n) is 6.03. The summed E-state index contributed by atoms with van der Waals surface area (Å²) >= 11 is 6.77. The van der Waals surface area contributed by atoms with E-state index < -0.39 is 0 Å². The fraction of sp³-hybridized carbons (Fsp3) is 0.625. The summed E-state index contributed by atoms with van der Waals surface area (Å²) in [6.07, 6.45) is 1.71. The van der Waals surface area contributed by atoms with Crippen molar-refractivity contribution in [1.29, 1.82) is 0 Å². The predicted octanol–water partition coefficient (Wildman–Crippen LogP) is 3.47. The number of thiophene rings is 1. The van der Waals surface area contributed by atoms with Crippen LogP contribution in [0.3, 0.4) is 0 Å². The van der Waals surface area contributed by atoms with Crippen LogP contribution in [0.1, 0.15) is 54.2 Å². The molecule has 1 aromatic rings. The van der Waals surface area contributed by atoms with Gasteiger partial charge in [-0.15, -0.1) is 11.3 Å². The standard InChI is InChI=1S/C16H24N2O3S2/c1-5-7-17-15(22)18-12-10-8-16(3,4)21-9-11(10)23-13(12)14(19)20-6-2/h5-9H2,1-4H3,(H2,17,18,22). The van der Waals surface area contributed by atoms with Crippen molar-refractivity contribution in [2.75, 3.05) is 18.5 Å². The number of nitrogens with one attached hydrogen (secondary N) is 2. The summed E-state index contributed by atoms with van der Waals surface area (Å²) in [7, 11) is 0. The first-order valence-electron chi connectivity index (χ1n) is 7.88. The third-order valence-electron chi connectivity index (χ3n) is 3.52. The van der Waals surface area contributed by atoms with E-state index in [0.29, 0.717) is 23.2 Å². The number of fused-ring (bicyclic) bond motifs is 1. The minimum atomic E-state index is -0.314. The van der Waals surface area contributed by atoms with Gasteiger partial charge in [-0.3, -0.25) is 0 Å². The molecular formula is C16H24N2O3S2. The molecule has 0 saturated carbocycles. The molecule has 2 heterocycles. The van der Waals surface area contributed by atoms with Crippen LogP contribution >= 0.6 is 23.6 Å². The maximum atomic E-state index is 12.3. The molecule has 0 fully saturated rings. The predicted molar refractivity (Wildman–Crippen MR) is 97.4 cm³/mol. The second-order valence-corrected chi connectivity index (χ2v) is 7.55. The van der Waals surface area contributed by atoms with E-state index in [1.807, 2.05) is 0 Å². The Kier molecular flexibility index (Phi) is 6.00. The molecule has 0 spiro atoms. The van der Waals surface area contributed by atoms with Gasteiger partial charge >= 0.3 is 5.97 Å². The van der Waals surface area contributed by atoms with Crippen molar-refractivity contribution in [2.24, 2.45) is 0 Å². The molecule has 1 aliphatic rings. The largest absolute Gasteiger partial charge is 0.462 e. The summed E-state index contributed by atoms with van der Waals surface area (Å²) < 4.78 is 11.0. The average Bonchev–Trinajstić information content (AvgIpc) is 2.82. The minimum absolute atomic E-state index is 0.255. The van der Waals surface area contributed by atoms with Crippen LogP contribution in [0.2, 0.25) is 0 Å². The molecule has 0 atom stereocenters. The maximum absolute atomic E-state index is 12.3. The number of carbonyl (C=O) groups excluding carboxylic acids is 1. The first-order valence-corrected chi connectivity index (χ1v) is 9.11. The van der Waals surface area contributed by atoms with E-state index in [4.69, 9.17) is 21.7 Å². The van der Waals surface area contributed by atoms with Gasteiger partial charge in [0, 0.05) is 17.8 Å². The molecule has 2 N–H and O–H groups in total. The smallest absolute Gasteiger partial charge is 0.350 e. The molecule has 0 bridgehead atoms. The lowest BCUT2D eigenvalue weighted by molar-refractivity contribution is -0.0380. The first kappa shape index (κ1) is 18.2. The average molecular weight is 357 g/mol. The normalized spacial score (nSPS) is 15.7. The summed E-state index contributed by atoms with van der Waals surface area (Å²) in [6, 6.07) is 0. The summed E-state index contributed by atoms with van der Waals surface area (Å²) in [5.74, 6) is -0.314. The second kappa shape index (κ2) is 7.59. The Morgan fingerprint density at radius 1 is 1.43 bits per heavy atom. The number of carbonyl (C=O) groups is 1. The monoisotopic (exact) mass is 356 g/mol. The SMILES string of the molecule is CCCNC(=S)Nc1c(C(=O)OCC)sc2c1CC(C)(C)OC2. The lowest BCUT2D eigenvalue weighted by Gasteiger charge is -2.30. The van der Waals surface area contributed by atoms with Crippen LogP contribution in [-0.4, -0.2) is 29.8 Å². The van der Waals surface area contributed by atoms with Crippen LogP contribution < -0.4 is 10.6 Å². The molecule has 0 unspecified atom stereocenters. The molecule has 23 heavy (non-hydrogen) atoms. The molecule has 5 nitrogen and oxygen atoms in total. The molecule has 0 radical (unpaired) electrons. The zero-order chi connectivity index (χ0) is 17.0. The van der Waals surface area contributed by atoms with Gasteiger partial charge in [0.25, 0.3) is 0 Å². The van der Waals surface area contributed by atoms with Crippen LogP contribution in [0.25, 0.3) is 0 Å². The number of esters is 1. The first-order chi connectivity index (χ1) is 10.9. The minimum Gasteiger partial charge on any atom is -0.462 e. The highest BCUT2D eigenvalue weighted by Gasteiger charge is 2.33. The lowest BCUT2D eigenvalue weighted by atomic mass is 9.95. The van der Waals surface area contributed by atoms with Crippen molar-refractivity contribution >= 4 is 40.3 Å². The molecule has 0 saturated heterocycles. The van der Waals surface area contributed by atoms with Crippen molar-refractivity contribution in [2.45, 2.75) is 52.7 Å². The molecule has 1 aliphatic heterocycles. The number of hydrogen-bond acceptors (Lipinski definition) is 5. The topological polar surface area (TPSA) is 59.6 Å². The summed E-state index contributed by atoms with van der Waals surface area (Å²) in [5, 5.41) is 6.87. The van der Waals surface area contributed by atoms with Gasteiger partial charge in [0.15, 0.2) is 5.11 Å². The third kappa shape index (κ3) is 4.43. The molecule has 0 aliphatic carbocycles. The van der Waals surface area contributed by atoms with Crippen LogP contribution in [0, 0.1) is 0 Å². The number of rotatable bonds is 5. The Labute approximate surface area is 146 Å². The third-order valence-corrected chi connectivity index (χ3v) is 4.95. The Hall–Kier alpha value is -1.18. The van der Waals surface area contributed by atoms with Gasteiger partial charge in [-0.05, 0) is 45.0 Å². The Morgan fingerprint density at radius 2 is 2.17 bits per heavy atom. The van der Waals surface area contributed by atoms with E-state index in [2.05, 4.69) is 31.4 Å². The highest BCUT2D eigenvalue weighted by molar-refractivity contribution is 7.80. The van der Waals surface area contributed by atoms with E-state index >= 15 is 0 Å². The Bertz CT molecular complexity index is 596. The highest BCUT2D eigenvalue weighted by Crippen LogP contribution is 2.41. The van der Waals surface area contributed by atoms with Crippen LogP contribution in [0.4, 0.5) is 5.69 Å². The van der Waals surface area contributed by atoms with Gasteiger partial charge in [-0.25, -0.2) is 4.79 Å².